The van der Waals surface area contributed by atoms with E-state index < -0.39 is 0 Å². The van der Waals surface area contributed by atoms with Gasteiger partial charge in [0.15, 0.2) is 0 Å². The number of piperidine rings is 1. The highest BCUT2D eigenvalue weighted by molar-refractivity contribution is 6.32. The van der Waals surface area contributed by atoms with E-state index in [0.29, 0.717) is 19.7 Å². The minimum Gasteiger partial charge on any atom is -0.450 e. The summed E-state index contributed by atoms with van der Waals surface area (Å²) in [5.74, 6) is 0. The van der Waals surface area contributed by atoms with Crippen molar-refractivity contribution in [3.8, 4) is 0 Å². The zero-order chi connectivity index (χ0) is 19.7. The van der Waals surface area contributed by atoms with E-state index in [-0.39, 0.29) is 12.1 Å². The summed E-state index contributed by atoms with van der Waals surface area (Å²) in [6.07, 6.45) is 7.14. The molecule has 0 aromatic heterocycles. The Morgan fingerprint density at radius 2 is 2.00 bits per heavy atom. The minimum absolute atomic E-state index is 0.0732. The molecule has 1 aromatic carbocycles. The average molecular weight is 419 g/mol. The molecule has 0 bridgehead atoms. The first-order chi connectivity index (χ1) is 13.6. The zero-order valence-corrected chi connectivity index (χ0v) is 17.4. The number of fused-ring (bicyclic) bond motifs is 2. The molecule has 0 radical (unpaired) electrons. The van der Waals surface area contributed by atoms with Crippen LogP contribution in [0, 0.1) is 0 Å². The highest BCUT2D eigenvalue weighted by Gasteiger charge is 2.32. The number of nitrogens with one attached hydrogen (secondary N) is 1. The Kier molecular flexibility index (Phi) is 5.70. The lowest BCUT2D eigenvalue weighted by Crippen LogP contribution is -2.38. The van der Waals surface area contributed by atoms with E-state index in [0.717, 1.165) is 35.7 Å². The first-order valence-electron chi connectivity index (χ1n) is 9.82. The number of halogens is 2. The number of carbonyl (C=O) groups excluding carboxylic acids is 1. The van der Waals surface area contributed by atoms with Crippen molar-refractivity contribution in [1.29, 1.82) is 0 Å². The van der Waals surface area contributed by atoms with Crippen LogP contribution in [-0.2, 0) is 11.2 Å². The predicted octanol–water partition coefficient (Wildman–Crippen LogP) is 5.27. The maximum atomic E-state index is 12.1. The molecule has 1 amide bonds. The molecule has 1 saturated heterocycles. The molecular weight excluding hydrogens is 395 g/mol. The highest BCUT2D eigenvalue weighted by Crippen LogP contribution is 2.41. The van der Waals surface area contributed by atoms with E-state index >= 15 is 0 Å². The summed E-state index contributed by atoms with van der Waals surface area (Å²) >= 11 is 12.9. The van der Waals surface area contributed by atoms with Crippen LogP contribution in [0.5, 0.6) is 0 Å². The summed E-state index contributed by atoms with van der Waals surface area (Å²) in [5, 5.41) is 5.11. The number of ether oxygens (including phenoxy) is 1. The maximum Gasteiger partial charge on any atom is 0.409 e. The summed E-state index contributed by atoms with van der Waals surface area (Å²) in [7, 11) is 0. The van der Waals surface area contributed by atoms with Crippen LogP contribution >= 0.6 is 23.2 Å². The lowest BCUT2D eigenvalue weighted by atomic mass is 9.85. The summed E-state index contributed by atoms with van der Waals surface area (Å²) in [6, 6.07) is 6.24. The Labute approximate surface area is 175 Å². The number of rotatable bonds is 1. The maximum absolute atomic E-state index is 12.1. The molecule has 148 valence electrons. The molecule has 1 fully saturated rings. The largest absolute Gasteiger partial charge is 0.450 e. The van der Waals surface area contributed by atoms with Gasteiger partial charge < -0.3 is 15.0 Å². The van der Waals surface area contributed by atoms with Crippen molar-refractivity contribution < 1.29 is 9.53 Å². The fraction of sp³-hybridized carbons (Fsp3) is 0.409. The van der Waals surface area contributed by atoms with Crippen LogP contribution in [0.1, 0.15) is 37.3 Å². The second-order valence-corrected chi connectivity index (χ2v) is 8.15. The number of benzene rings is 1. The zero-order valence-electron chi connectivity index (χ0n) is 15.9. The molecule has 3 aliphatic rings. The van der Waals surface area contributed by atoms with Crippen molar-refractivity contribution in [3.05, 3.63) is 62.8 Å². The quantitative estimate of drug-likeness (QED) is 0.674. The highest BCUT2D eigenvalue weighted by atomic mass is 35.5. The Morgan fingerprint density at radius 1 is 1.21 bits per heavy atom. The molecule has 1 atom stereocenters. The van der Waals surface area contributed by atoms with Crippen LogP contribution in [0.2, 0.25) is 5.02 Å². The van der Waals surface area contributed by atoms with Crippen molar-refractivity contribution in [3.63, 3.8) is 0 Å². The summed E-state index contributed by atoms with van der Waals surface area (Å²) < 4.78 is 5.16. The van der Waals surface area contributed by atoms with Gasteiger partial charge in [0.1, 0.15) is 0 Å². The lowest BCUT2D eigenvalue weighted by molar-refractivity contribution is 0.104. The normalized spacial score (nSPS) is 21.7. The van der Waals surface area contributed by atoms with Gasteiger partial charge in [-0.2, -0.15) is 0 Å². The molecule has 2 heterocycles. The van der Waals surface area contributed by atoms with Gasteiger partial charge in [0, 0.05) is 23.1 Å². The Bertz CT molecular complexity index is 879. The van der Waals surface area contributed by atoms with Gasteiger partial charge in [-0.1, -0.05) is 34.8 Å². The van der Waals surface area contributed by atoms with Crippen LogP contribution in [0.4, 0.5) is 4.79 Å². The molecule has 4 rings (SSSR count). The minimum atomic E-state index is -0.220. The van der Waals surface area contributed by atoms with Gasteiger partial charge in [0.05, 0.1) is 12.6 Å². The number of nitrogens with zero attached hydrogens (tertiary/aromatic N) is 1. The first kappa shape index (κ1) is 19.4. The number of amides is 1. The summed E-state index contributed by atoms with van der Waals surface area (Å²) in [5.41, 5.74) is 6.41. The second kappa shape index (κ2) is 8.22. The van der Waals surface area contributed by atoms with Crippen LogP contribution < -0.4 is 5.32 Å². The van der Waals surface area contributed by atoms with E-state index in [1.807, 2.05) is 25.3 Å². The Balaban J connectivity index is 1.73. The number of allylic oxidation sites excluding steroid dienone is 2. The third kappa shape index (κ3) is 3.68. The molecule has 28 heavy (non-hydrogen) atoms. The number of hydrogen-bond acceptors (Lipinski definition) is 3. The Morgan fingerprint density at radius 3 is 2.75 bits per heavy atom. The molecular formula is C22H24Cl2N2O2. The van der Waals surface area contributed by atoms with E-state index in [9.17, 15) is 4.79 Å². The molecule has 6 heteroatoms. The van der Waals surface area contributed by atoms with E-state index in [1.54, 1.807) is 4.90 Å². The van der Waals surface area contributed by atoms with Gasteiger partial charge in [0.25, 0.3) is 0 Å². The van der Waals surface area contributed by atoms with Crippen LogP contribution in [0.15, 0.2) is 46.7 Å². The molecule has 4 nitrogen and oxygen atoms in total. The third-order valence-corrected chi connectivity index (χ3v) is 6.34. The molecule has 2 aliphatic heterocycles. The molecule has 1 aromatic rings. The van der Waals surface area contributed by atoms with E-state index in [4.69, 9.17) is 27.9 Å². The van der Waals surface area contributed by atoms with Crippen LogP contribution in [0.25, 0.3) is 5.57 Å². The average Bonchev–Trinajstić information content (AvgIpc) is 2.85. The molecule has 0 spiro atoms. The van der Waals surface area contributed by atoms with Crippen molar-refractivity contribution in [2.45, 2.75) is 38.6 Å². The fourth-order valence-electron chi connectivity index (χ4n) is 4.38. The number of dihydropyridines is 1. The van der Waals surface area contributed by atoms with Gasteiger partial charge >= 0.3 is 6.09 Å². The molecule has 1 unspecified atom stereocenters. The topological polar surface area (TPSA) is 41.6 Å². The standard InChI is InChI=1S/C22H24Cl2N2O2/c1-2-28-22(27)26-11-8-14(9-12-26)20-17-6-4-16(23)13-15(17)3-5-18-19(24)7-10-25-21(18)20/h4,6-7,10,13,21,25H,2-3,5,8-9,11-12H2,1H3. The van der Waals surface area contributed by atoms with Gasteiger partial charge in [-0.3, -0.25) is 0 Å². The van der Waals surface area contributed by atoms with Gasteiger partial charge in [-0.15, -0.1) is 0 Å². The summed E-state index contributed by atoms with van der Waals surface area (Å²) in [6.45, 7) is 3.59. The number of aryl methyl sites for hydroxylation is 1. The SMILES string of the molecule is CCOC(=O)N1CCC(=C2c3ccc(Cl)cc3CCC3=C(Cl)C=CNC32)CC1. The van der Waals surface area contributed by atoms with Crippen molar-refractivity contribution in [1.82, 2.24) is 10.2 Å². The number of likely N-dealkylation sites (tertiary alicyclic amines) is 1. The van der Waals surface area contributed by atoms with Crippen molar-refractivity contribution in [2.75, 3.05) is 19.7 Å². The van der Waals surface area contributed by atoms with E-state index in [2.05, 4.69) is 17.4 Å². The smallest absolute Gasteiger partial charge is 0.409 e. The lowest BCUT2D eigenvalue weighted by Gasteiger charge is -2.33. The van der Waals surface area contributed by atoms with Gasteiger partial charge in [-0.05, 0) is 79.3 Å². The van der Waals surface area contributed by atoms with Crippen molar-refractivity contribution in [2.24, 2.45) is 0 Å². The van der Waals surface area contributed by atoms with Crippen molar-refractivity contribution >= 4 is 34.9 Å². The van der Waals surface area contributed by atoms with E-state index in [1.165, 1.54) is 27.8 Å². The van der Waals surface area contributed by atoms with Crippen LogP contribution in [-0.4, -0.2) is 36.7 Å². The Hall–Kier alpha value is -1.91. The second-order valence-electron chi connectivity index (χ2n) is 7.31. The van der Waals surface area contributed by atoms with Gasteiger partial charge in [-0.25, -0.2) is 4.79 Å². The van der Waals surface area contributed by atoms with Crippen LogP contribution in [0.3, 0.4) is 0 Å². The predicted molar refractivity (Wildman–Crippen MR) is 113 cm³/mol. The number of carbonyl (C=O) groups is 1. The first-order valence-corrected chi connectivity index (χ1v) is 10.6. The number of hydrogen-bond donors (Lipinski definition) is 1. The molecule has 1 aliphatic carbocycles. The monoisotopic (exact) mass is 418 g/mol. The fourth-order valence-corrected chi connectivity index (χ4v) is 4.84. The molecule has 0 saturated carbocycles. The summed E-state index contributed by atoms with van der Waals surface area (Å²) in [4.78, 5) is 13.9. The molecule has 1 N–H and O–H groups in total. The third-order valence-electron chi connectivity index (χ3n) is 5.73. The van der Waals surface area contributed by atoms with Gasteiger partial charge in [0.2, 0.25) is 0 Å².